The Hall–Kier alpha value is -3.48. The molecule has 7 heteroatoms. The van der Waals surface area contributed by atoms with Gasteiger partial charge in [0.2, 0.25) is 0 Å². The summed E-state index contributed by atoms with van der Waals surface area (Å²) in [7, 11) is 0. The number of nitro groups is 1. The number of hydrogen-bond acceptors (Lipinski definition) is 5. The third-order valence-electron chi connectivity index (χ3n) is 4.27. The molecule has 0 bridgehead atoms. The Morgan fingerprint density at radius 3 is 2.76 bits per heavy atom. The van der Waals surface area contributed by atoms with E-state index < -0.39 is 10.8 Å². The van der Waals surface area contributed by atoms with E-state index in [-0.39, 0.29) is 16.9 Å². The molecule has 0 N–H and O–H groups in total. The summed E-state index contributed by atoms with van der Waals surface area (Å²) in [6.07, 6.45) is 0.594. The fraction of sp³-hybridized carbons (Fsp3) is 0.111. The van der Waals surface area contributed by atoms with Crippen LogP contribution in [0.25, 0.3) is 11.0 Å². The molecule has 1 aliphatic heterocycles. The molecule has 124 valence electrons. The number of carbonyl (C=O) groups is 1. The smallest absolute Gasteiger partial charge is 0.294 e. The molecule has 1 aliphatic rings. The average Bonchev–Trinajstić information content (AvgIpc) is 3.04. The molecule has 0 fully saturated rings. The van der Waals surface area contributed by atoms with Crippen molar-refractivity contribution in [3.05, 3.63) is 80.2 Å². The van der Waals surface area contributed by atoms with Crippen molar-refractivity contribution in [1.29, 1.82) is 0 Å². The highest BCUT2D eigenvalue weighted by Crippen LogP contribution is 2.32. The summed E-state index contributed by atoms with van der Waals surface area (Å²) < 4.78 is 5.58. The predicted octanol–water partition coefficient (Wildman–Crippen LogP) is 2.90. The van der Waals surface area contributed by atoms with Gasteiger partial charge in [-0.3, -0.25) is 19.7 Å². The minimum atomic E-state index is -0.503. The van der Waals surface area contributed by atoms with Crippen LogP contribution in [0.3, 0.4) is 0 Å². The molecular formula is C18H12N2O5. The fourth-order valence-corrected chi connectivity index (χ4v) is 3.03. The van der Waals surface area contributed by atoms with E-state index in [9.17, 15) is 19.7 Å². The SMILES string of the molecule is O=C(c1cc(=O)c2ccccc2o1)N1CCc2ccc([N+](=O)[O-])cc21. The van der Waals surface area contributed by atoms with Gasteiger partial charge in [0.1, 0.15) is 5.58 Å². The second-order valence-electron chi connectivity index (χ2n) is 5.75. The van der Waals surface area contributed by atoms with E-state index >= 15 is 0 Å². The fourth-order valence-electron chi connectivity index (χ4n) is 3.03. The summed E-state index contributed by atoms with van der Waals surface area (Å²) in [4.78, 5) is 36.9. The molecule has 0 unspecified atom stereocenters. The first-order chi connectivity index (χ1) is 12.0. The second-order valence-corrected chi connectivity index (χ2v) is 5.75. The van der Waals surface area contributed by atoms with E-state index in [1.807, 2.05) is 0 Å². The Kier molecular flexibility index (Phi) is 3.35. The number of benzene rings is 2. The topological polar surface area (TPSA) is 93.7 Å². The molecular weight excluding hydrogens is 324 g/mol. The van der Waals surface area contributed by atoms with Gasteiger partial charge < -0.3 is 9.32 Å². The maximum absolute atomic E-state index is 12.8. The van der Waals surface area contributed by atoms with Crippen molar-refractivity contribution in [2.24, 2.45) is 0 Å². The molecule has 25 heavy (non-hydrogen) atoms. The van der Waals surface area contributed by atoms with E-state index in [0.717, 1.165) is 5.56 Å². The highest BCUT2D eigenvalue weighted by molar-refractivity contribution is 6.06. The number of hydrogen-bond donors (Lipinski definition) is 0. The molecule has 0 saturated carbocycles. The Bertz CT molecular complexity index is 1090. The highest BCUT2D eigenvalue weighted by atomic mass is 16.6. The highest BCUT2D eigenvalue weighted by Gasteiger charge is 2.29. The molecule has 4 rings (SSSR count). The van der Waals surface area contributed by atoms with Crippen LogP contribution in [0.4, 0.5) is 11.4 Å². The predicted molar refractivity (Wildman–Crippen MR) is 91.0 cm³/mol. The zero-order valence-electron chi connectivity index (χ0n) is 13.0. The molecule has 0 aliphatic carbocycles. The molecule has 2 aromatic carbocycles. The van der Waals surface area contributed by atoms with Crippen molar-refractivity contribution < 1.29 is 14.1 Å². The van der Waals surface area contributed by atoms with Crippen molar-refractivity contribution in [1.82, 2.24) is 0 Å². The molecule has 0 spiro atoms. The number of nitrogens with zero attached hydrogens (tertiary/aromatic N) is 2. The number of para-hydroxylation sites is 1. The minimum absolute atomic E-state index is 0.0805. The average molecular weight is 336 g/mol. The second kappa shape index (κ2) is 5.55. The third kappa shape index (κ3) is 2.46. The van der Waals surface area contributed by atoms with Gasteiger partial charge in [-0.2, -0.15) is 0 Å². The molecule has 2 heterocycles. The Morgan fingerprint density at radius 1 is 1.16 bits per heavy atom. The first-order valence-corrected chi connectivity index (χ1v) is 7.66. The number of amides is 1. The normalized spacial score (nSPS) is 13.0. The van der Waals surface area contributed by atoms with Crippen LogP contribution in [-0.4, -0.2) is 17.4 Å². The van der Waals surface area contributed by atoms with E-state index in [2.05, 4.69) is 0 Å². The first-order valence-electron chi connectivity index (χ1n) is 7.66. The lowest BCUT2D eigenvalue weighted by molar-refractivity contribution is -0.384. The summed E-state index contributed by atoms with van der Waals surface area (Å²) in [5.41, 5.74) is 1.27. The molecule has 7 nitrogen and oxygen atoms in total. The van der Waals surface area contributed by atoms with E-state index in [1.54, 1.807) is 30.3 Å². The van der Waals surface area contributed by atoms with Gasteiger partial charge in [-0.05, 0) is 24.1 Å². The van der Waals surface area contributed by atoms with Gasteiger partial charge in [-0.25, -0.2) is 0 Å². The van der Waals surface area contributed by atoms with E-state index in [0.29, 0.717) is 29.6 Å². The number of carbonyl (C=O) groups excluding carboxylic acids is 1. The zero-order chi connectivity index (χ0) is 17.6. The van der Waals surface area contributed by atoms with Crippen molar-refractivity contribution >= 4 is 28.3 Å². The number of rotatable bonds is 2. The number of nitro benzene ring substituents is 1. The third-order valence-corrected chi connectivity index (χ3v) is 4.27. The number of non-ortho nitro benzene ring substituents is 1. The molecule has 0 atom stereocenters. The van der Waals surface area contributed by atoms with Crippen LogP contribution >= 0.6 is 0 Å². The molecule has 3 aromatic rings. The quantitative estimate of drug-likeness (QED) is 0.530. The van der Waals surface area contributed by atoms with E-state index in [1.165, 1.54) is 23.1 Å². The van der Waals surface area contributed by atoms with Crippen molar-refractivity contribution in [3.63, 3.8) is 0 Å². The summed E-state index contributed by atoms with van der Waals surface area (Å²) in [6, 6.07) is 12.3. The van der Waals surface area contributed by atoms with Gasteiger partial charge in [0.25, 0.3) is 11.6 Å². The Morgan fingerprint density at radius 2 is 1.96 bits per heavy atom. The van der Waals surface area contributed by atoms with Gasteiger partial charge in [0, 0.05) is 24.7 Å². The first kappa shape index (κ1) is 15.1. The van der Waals surface area contributed by atoms with Crippen LogP contribution in [0.15, 0.2) is 57.7 Å². The summed E-state index contributed by atoms with van der Waals surface area (Å²) >= 11 is 0. The molecule has 1 aromatic heterocycles. The summed E-state index contributed by atoms with van der Waals surface area (Å²) in [5.74, 6) is -0.565. The van der Waals surface area contributed by atoms with Crippen LogP contribution in [-0.2, 0) is 6.42 Å². The molecule has 0 saturated heterocycles. The minimum Gasteiger partial charge on any atom is -0.451 e. The van der Waals surface area contributed by atoms with Crippen LogP contribution in [0.1, 0.15) is 16.1 Å². The summed E-state index contributed by atoms with van der Waals surface area (Å²) in [6.45, 7) is 0.381. The van der Waals surface area contributed by atoms with E-state index in [4.69, 9.17) is 4.42 Å². The van der Waals surface area contributed by atoms with Crippen molar-refractivity contribution in [2.75, 3.05) is 11.4 Å². The Labute approximate surface area is 141 Å². The van der Waals surface area contributed by atoms with Crippen molar-refractivity contribution in [2.45, 2.75) is 6.42 Å². The standard InChI is InChI=1S/C18H12N2O5/c21-15-10-17(25-16-4-2-1-3-13(15)16)18(22)19-8-7-11-5-6-12(20(23)24)9-14(11)19/h1-6,9-10H,7-8H2. The largest absolute Gasteiger partial charge is 0.451 e. The summed E-state index contributed by atoms with van der Waals surface area (Å²) in [5, 5.41) is 11.4. The van der Waals surface area contributed by atoms with Gasteiger partial charge in [-0.15, -0.1) is 0 Å². The molecule has 0 radical (unpaired) electrons. The lowest BCUT2D eigenvalue weighted by atomic mass is 10.1. The van der Waals surface area contributed by atoms with Gasteiger partial charge >= 0.3 is 0 Å². The van der Waals surface area contributed by atoms with Crippen LogP contribution in [0.2, 0.25) is 0 Å². The number of anilines is 1. The lowest BCUT2D eigenvalue weighted by Gasteiger charge is -2.16. The van der Waals surface area contributed by atoms with Crippen molar-refractivity contribution in [3.8, 4) is 0 Å². The van der Waals surface area contributed by atoms with Gasteiger partial charge in [0.15, 0.2) is 11.2 Å². The lowest BCUT2D eigenvalue weighted by Crippen LogP contribution is -2.29. The van der Waals surface area contributed by atoms with Gasteiger partial charge in [0.05, 0.1) is 16.0 Å². The Balaban J connectivity index is 1.78. The zero-order valence-corrected chi connectivity index (χ0v) is 13.0. The van der Waals surface area contributed by atoms with Crippen LogP contribution < -0.4 is 10.3 Å². The van der Waals surface area contributed by atoms with Crippen LogP contribution in [0, 0.1) is 10.1 Å². The van der Waals surface area contributed by atoms with Crippen LogP contribution in [0.5, 0.6) is 0 Å². The molecule has 1 amide bonds. The maximum Gasteiger partial charge on any atom is 0.294 e. The monoisotopic (exact) mass is 336 g/mol. The maximum atomic E-state index is 12.8. The van der Waals surface area contributed by atoms with Gasteiger partial charge in [-0.1, -0.05) is 18.2 Å². The number of fused-ring (bicyclic) bond motifs is 2.